The monoisotopic (exact) mass is 464 g/mol. The van der Waals surface area contributed by atoms with Crippen molar-refractivity contribution in [1.29, 1.82) is 0 Å². The van der Waals surface area contributed by atoms with Crippen molar-refractivity contribution < 1.29 is 18.7 Å². The zero-order chi connectivity index (χ0) is 23.5. The average molecular weight is 465 g/mol. The van der Waals surface area contributed by atoms with Gasteiger partial charge in [0.05, 0.1) is 18.9 Å². The van der Waals surface area contributed by atoms with E-state index in [1.54, 1.807) is 0 Å². The third kappa shape index (κ3) is 2.27. The van der Waals surface area contributed by atoms with Crippen LogP contribution in [0.2, 0.25) is 0 Å². The fraction of sp³-hybridized carbons (Fsp3) is 0.679. The highest BCUT2D eigenvalue weighted by Crippen LogP contribution is 2.76. The first-order valence-corrected chi connectivity index (χ1v) is 12.9. The van der Waals surface area contributed by atoms with E-state index in [4.69, 9.17) is 18.7 Å². The highest BCUT2D eigenvalue weighted by atomic mass is 16.6. The molecule has 8 rings (SSSR count). The van der Waals surface area contributed by atoms with Crippen LogP contribution in [-0.4, -0.2) is 55.1 Å². The van der Waals surface area contributed by atoms with E-state index in [0.717, 1.165) is 55.0 Å². The normalized spacial score (nSPS) is 39.3. The second-order valence-electron chi connectivity index (χ2n) is 11.7. The molecule has 4 bridgehead atoms. The topological polar surface area (TPSA) is 57.0 Å². The number of likely N-dealkylation sites (tertiary alicyclic amines) is 1. The molecule has 3 saturated carbocycles. The van der Waals surface area contributed by atoms with Crippen molar-refractivity contribution in [3.05, 3.63) is 45.8 Å². The second-order valence-corrected chi connectivity index (χ2v) is 11.7. The first-order chi connectivity index (χ1) is 16.4. The lowest BCUT2D eigenvalue weighted by molar-refractivity contribution is -0.282. The Kier molecular flexibility index (Phi) is 4.32. The lowest BCUT2D eigenvalue weighted by Gasteiger charge is -2.73. The number of rotatable bonds is 5. The molecule has 3 heterocycles. The van der Waals surface area contributed by atoms with Gasteiger partial charge in [-0.15, -0.1) is 0 Å². The van der Waals surface area contributed by atoms with Gasteiger partial charge >= 0.3 is 0 Å². The second kappa shape index (κ2) is 6.86. The summed E-state index contributed by atoms with van der Waals surface area (Å²) in [5.74, 6) is 2.31. The van der Waals surface area contributed by atoms with Gasteiger partial charge in [0.15, 0.2) is 0 Å². The van der Waals surface area contributed by atoms with Crippen LogP contribution in [0.5, 0.6) is 5.75 Å². The maximum atomic E-state index is 7.06. The van der Waals surface area contributed by atoms with Gasteiger partial charge in [-0.2, -0.15) is 0 Å². The molecule has 182 valence electrons. The van der Waals surface area contributed by atoms with E-state index < -0.39 is 0 Å². The van der Waals surface area contributed by atoms with Crippen LogP contribution in [0.4, 0.5) is 0 Å². The molecule has 6 heteroatoms. The van der Waals surface area contributed by atoms with Crippen molar-refractivity contribution >= 4 is 0 Å². The van der Waals surface area contributed by atoms with Crippen LogP contribution in [0.15, 0.2) is 16.7 Å². The molecule has 0 N–H and O–H groups in total. The third-order valence-corrected chi connectivity index (χ3v) is 10.7. The molecule has 1 aromatic heterocycles. The Bertz CT molecular complexity index is 1160. The number of aryl methyl sites for hydroxylation is 3. The smallest absolute Gasteiger partial charge is 0.139 e. The predicted molar refractivity (Wildman–Crippen MR) is 127 cm³/mol. The molecule has 0 amide bonds. The summed E-state index contributed by atoms with van der Waals surface area (Å²) in [5, 5.41) is 4.10. The van der Waals surface area contributed by atoms with Crippen LogP contribution in [-0.2, 0) is 27.9 Å². The van der Waals surface area contributed by atoms with Gasteiger partial charge in [-0.25, -0.2) is 0 Å². The molecule has 34 heavy (non-hydrogen) atoms. The number of aromatic nitrogens is 1. The van der Waals surface area contributed by atoms with Gasteiger partial charge in [-0.05, 0) is 77.6 Å². The summed E-state index contributed by atoms with van der Waals surface area (Å²) in [6, 6.07) is 5.20. The zero-order valence-corrected chi connectivity index (χ0v) is 21.1. The van der Waals surface area contributed by atoms with Gasteiger partial charge in [0.25, 0.3) is 0 Å². The minimum Gasteiger partial charge on any atom is -0.486 e. The van der Waals surface area contributed by atoms with Gasteiger partial charge < -0.3 is 23.6 Å². The molecule has 6 aliphatic rings. The minimum absolute atomic E-state index is 0.0610. The molecular weight excluding hydrogens is 428 g/mol. The lowest BCUT2D eigenvalue weighted by atomic mass is 9.35. The van der Waals surface area contributed by atoms with E-state index in [9.17, 15) is 0 Å². The number of likely N-dealkylation sites (N-methyl/N-ethyl adjacent to an activating group) is 1. The highest BCUT2D eigenvalue weighted by molar-refractivity contribution is 5.61. The van der Waals surface area contributed by atoms with E-state index in [-0.39, 0.29) is 22.5 Å². The van der Waals surface area contributed by atoms with Gasteiger partial charge in [0.2, 0.25) is 0 Å². The predicted octanol–water partition coefficient (Wildman–Crippen LogP) is 4.26. The van der Waals surface area contributed by atoms with Crippen molar-refractivity contribution in [3.8, 4) is 5.75 Å². The minimum atomic E-state index is -0.318. The summed E-state index contributed by atoms with van der Waals surface area (Å²) in [4.78, 5) is 2.65. The van der Waals surface area contributed by atoms with Crippen LogP contribution < -0.4 is 4.74 Å². The Hall–Kier alpha value is -1.89. The first-order valence-electron chi connectivity index (χ1n) is 12.9. The zero-order valence-electron chi connectivity index (χ0n) is 21.1. The molecule has 4 fully saturated rings. The van der Waals surface area contributed by atoms with Crippen molar-refractivity contribution in [2.75, 3.05) is 27.3 Å². The summed E-state index contributed by atoms with van der Waals surface area (Å²) in [6.45, 7) is 8.50. The van der Waals surface area contributed by atoms with Gasteiger partial charge in [-0.3, -0.25) is 0 Å². The van der Waals surface area contributed by atoms with Crippen molar-refractivity contribution in [1.82, 2.24) is 10.1 Å². The molecule has 1 aromatic carbocycles. The first kappa shape index (κ1) is 21.4. The van der Waals surface area contributed by atoms with E-state index in [0.29, 0.717) is 25.2 Å². The molecule has 6 atom stereocenters. The number of piperidine rings is 1. The number of hydrogen-bond acceptors (Lipinski definition) is 6. The third-order valence-electron chi connectivity index (χ3n) is 10.7. The maximum absolute atomic E-state index is 7.06. The van der Waals surface area contributed by atoms with Crippen LogP contribution in [0.25, 0.3) is 0 Å². The van der Waals surface area contributed by atoms with Crippen LogP contribution in [0.1, 0.15) is 59.4 Å². The fourth-order valence-corrected chi connectivity index (χ4v) is 9.18. The molecule has 1 saturated heterocycles. The number of benzene rings is 1. The fourth-order valence-electron chi connectivity index (χ4n) is 9.18. The molecule has 2 spiro atoms. The maximum Gasteiger partial charge on any atom is 0.139 e. The van der Waals surface area contributed by atoms with Crippen LogP contribution >= 0.6 is 0 Å². The number of ether oxygens (including phenoxy) is 3. The number of fused-ring (bicyclic) bond motifs is 2. The Morgan fingerprint density at radius 2 is 2.03 bits per heavy atom. The lowest BCUT2D eigenvalue weighted by Crippen LogP contribution is -2.81. The van der Waals surface area contributed by atoms with E-state index in [1.807, 2.05) is 21.0 Å². The number of hydrogen-bond donors (Lipinski definition) is 0. The Balaban J connectivity index is 1.31. The summed E-state index contributed by atoms with van der Waals surface area (Å²) in [7, 11) is 4.25. The SMILES string of the molecule is CO[C@]12CC[C@@]3(C[C@@H]1COCc1c(C)noc1C)[C@H]1Cc4ccc(C)c5c4[C@@]3(CCN1C)[C@H]2O5. The molecular formula is C28H36N2O4. The molecule has 0 radical (unpaired) electrons. The number of methoxy groups -OCH3 is 1. The quantitative estimate of drug-likeness (QED) is 0.659. The van der Waals surface area contributed by atoms with Gasteiger partial charge in [0, 0.05) is 41.0 Å². The van der Waals surface area contributed by atoms with Crippen LogP contribution in [0.3, 0.4) is 0 Å². The molecule has 6 nitrogen and oxygen atoms in total. The average Bonchev–Trinajstić information content (AvgIpc) is 3.36. The highest BCUT2D eigenvalue weighted by Gasteiger charge is 2.80. The Labute approximate surface area is 201 Å². The Morgan fingerprint density at radius 1 is 1.18 bits per heavy atom. The molecule has 2 aliphatic heterocycles. The molecule has 2 aromatic rings. The van der Waals surface area contributed by atoms with E-state index in [2.05, 4.69) is 36.2 Å². The largest absolute Gasteiger partial charge is 0.486 e. The van der Waals surface area contributed by atoms with Gasteiger partial charge in [0.1, 0.15) is 23.2 Å². The summed E-state index contributed by atoms with van der Waals surface area (Å²) >= 11 is 0. The van der Waals surface area contributed by atoms with E-state index in [1.165, 1.54) is 23.1 Å². The summed E-state index contributed by atoms with van der Waals surface area (Å²) < 4.78 is 25.4. The van der Waals surface area contributed by atoms with Crippen molar-refractivity contribution in [2.45, 2.75) is 82.6 Å². The molecule has 0 unspecified atom stereocenters. The van der Waals surface area contributed by atoms with E-state index >= 15 is 0 Å². The van der Waals surface area contributed by atoms with Crippen molar-refractivity contribution in [2.24, 2.45) is 11.3 Å². The molecule has 4 aliphatic carbocycles. The number of nitrogens with zero attached hydrogens (tertiary/aromatic N) is 2. The van der Waals surface area contributed by atoms with Crippen molar-refractivity contribution in [3.63, 3.8) is 0 Å². The van der Waals surface area contributed by atoms with Crippen LogP contribution in [0, 0.1) is 32.1 Å². The van der Waals surface area contributed by atoms with Gasteiger partial charge in [-0.1, -0.05) is 17.3 Å². The summed E-state index contributed by atoms with van der Waals surface area (Å²) in [5.41, 5.74) is 6.27. The Morgan fingerprint density at radius 3 is 2.79 bits per heavy atom. The summed E-state index contributed by atoms with van der Waals surface area (Å²) in [6.07, 6.45) is 5.75. The standard InChI is InChI=1S/C28H36N2O4/c1-16-6-7-19-12-22-26-8-9-28(31-5,20(13-26)14-32-15-21-17(2)29-34-18(21)3)25-27(26,10-11-30(22)4)23(19)24(16)33-25/h6-7,20,22,25H,8-15H2,1-5H3/t20-,22-,25-,26-,27+,28-/m1/s1.